The molecule has 7 heteroatoms. The minimum Gasteiger partial charge on any atom is -0.382 e. The number of nitrogens with two attached hydrogens (primary N) is 1. The van der Waals surface area contributed by atoms with Crippen molar-refractivity contribution in [1.82, 2.24) is 19.5 Å². The van der Waals surface area contributed by atoms with E-state index in [0.29, 0.717) is 17.4 Å². The third kappa shape index (κ3) is 4.73. The van der Waals surface area contributed by atoms with E-state index in [4.69, 9.17) is 15.5 Å². The van der Waals surface area contributed by atoms with Crippen LogP contribution in [-0.2, 0) is 11.2 Å². The summed E-state index contributed by atoms with van der Waals surface area (Å²) in [6.07, 6.45) is 10.7. The standard InChI is InChI=1S/C23H32N6O/c1-2-18-13-14-19(30-18)29-22-20(21(24)26-16-27-22)28-23(29)25-15-9-4-3-6-10-17-11-7-5-8-12-17/h5,7-8,11-12,16,18-19H,2-4,6,9-10,13-15H2,1H3,(H,25,28)(H2,24,26,27). The number of hydrogen-bond acceptors (Lipinski definition) is 6. The molecule has 0 saturated carbocycles. The van der Waals surface area contributed by atoms with Gasteiger partial charge in [0, 0.05) is 6.54 Å². The van der Waals surface area contributed by atoms with Crippen molar-refractivity contribution in [2.45, 2.75) is 70.6 Å². The van der Waals surface area contributed by atoms with Crippen LogP contribution in [0.4, 0.5) is 11.8 Å². The number of imidazole rings is 1. The molecule has 3 N–H and O–H groups in total. The summed E-state index contributed by atoms with van der Waals surface area (Å²) in [6.45, 7) is 3.03. The largest absolute Gasteiger partial charge is 0.382 e. The van der Waals surface area contributed by atoms with E-state index in [9.17, 15) is 0 Å². The number of hydrogen-bond donors (Lipinski definition) is 2. The second kappa shape index (κ2) is 9.89. The predicted octanol–water partition coefficient (Wildman–Crippen LogP) is 4.71. The highest BCUT2D eigenvalue weighted by Crippen LogP contribution is 2.35. The van der Waals surface area contributed by atoms with Crippen molar-refractivity contribution in [3.05, 3.63) is 42.2 Å². The van der Waals surface area contributed by atoms with Crippen LogP contribution < -0.4 is 11.1 Å². The van der Waals surface area contributed by atoms with Crippen LogP contribution in [0.15, 0.2) is 36.7 Å². The van der Waals surface area contributed by atoms with Crippen molar-refractivity contribution < 1.29 is 4.74 Å². The lowest BCUT2D eigenvalue weighted by Gasteiger charge is -2.17. The van der Waals surface area contributed by atoms with E-state index < -0.39 is 0 Å². The molecule has 4 rings (SSSR count). The topological polar surface area (TPSA) is 90.9 Å². The third-order valence-electron chi connectivity index (χ3n) is 5.85. The van der Waals surface area contributed by atoms with Crippen molar-refractivity contribution in [3.63, 3.8) is 0 Å². The zero-order valence-corrected chi connectivity index (χ0v) is 17.8. The Hall–Kier alpha value is -2.67. The number of anilines is 2. The van der Waals surface area contributed by atoms with Crippen LogP contribution in [0.2, 0.25) is 0 Å². The second-order valence-corrected chi connectivity index (χ2v) is 8.01. The monoisotopic (exact) mass is 408 g/mol. The summed E-state index contributed by atoms with van der Waals surface area (Å²) < 4.78 is 8.29. The fourth-order valence-electron chi connectivity index (χ4n) is 4.15. The van der Waals surface area contributed by atoms with Gasteiger partial charge in [0.05, 0.1) is 6.10 Å². The quantitative estimate of drug-likeness (QED) is 0.472. The SMILES string of the molecule is CCC1CCC(n2c(NCCCCCCc3ccccc3)nc3c(N)ncnc32)O1. The number of nitrogen functional groups attached to an aromatic ring is 1. The summed E-state index contributed by atoms with van der Waals surface area (Å²) in [5.41, 5.74) is 8.86. The molecule has 2 unspecified atom stereocenters. The molecule has 0 aliphatic carbocycles. The zero-order valence-electron chi connectivity index (χ0n) is 17.8. The number of fused-ring (bicyclic) bond motifs is 1. The Bertz CT molecular complexity index is 942. The van der Waals surface area contributed by atoms with E-state index in [1.165, 1.54) is 31.2 Å². The van der Waals surface area contributed by atoms with Crippen molar-refractivity contribution in [1.29, 1.82) is 0 Å². The highest BCUT2D eigenvalue weighted by atomic mass is 16.5. The Morgan fingerprint density at radius 1 is 1.10 bits per heavy atom. The van der Waals surface area contributed by atoms with Crippen molar-refractivity contribution in [2.24, 2.45) is 0 Å². The Kier molecular flexibility index (Phi) is 6.79. The molecule has 0 amide bonds. The molecule has 1 fully saturated rings. The van der Waals surface area contributed by atoms with Crippen molar-refractivity contribution in [2.75, 3.05) is 17.6 Å². The first-order chi connectivity index (χ1) is 14.8. The molecule has 1 aliphatic rings. The molecule has 30 heavy (non-hydrogen) atoms. The Balaban J connectivity index is 1.33. The van der Waals surface area contributed by atoms with Gasteiger partial charge in [0.1, 0.15) is 12.6 Å². The summed E-state index contributed by atoms with van der Waals surface area (Å²) in [5.74, 6) is 1.19. The van der Waals surface area contributed by atoms with Crippen LogP contribution in [0.1, 0.15) is 63.7 Å². The van der Waals surface area contributed by atoms with E-state index in [-0.39, 0.29) is 6.23 Å². The second-order valence-electron chi connectivity index (χ2n) is 8.01. The van der Waals surface area contributed by atoms with Gasteiger partial charge in [-0.05, 0) is 44.1 Å². The molecule has 3 heterocycles. The number of aromatic nitrogens is 4. The molecule has 1 aliphatic heterocycles. The van der Waals surface area contributed by atoms with Crippen molar-refractivity contribution >= 4 is 22.9 Å². The minimum atomic E-state index is -0.0531. The van der Waals surface area contributed by atoms with E-state index in [2.05, 4.69) is 57.1 Å². The highest BCUT2D eigenvalue weighted by Gasteiger charge is 2.29. The fourth-order valence-corrected chi connectivity index (χ4v) is 4.15. The van der Waals surface area contributed by atoms with Gasteiger partial charge < -0.3 is 15.8 Å². The van der Waals surface area contributed by atoms with E-state index in [1.54, 1.807) is 0 Å². The van der Waals surface area contributed by atoms with Gasteiger partial charge in [-0.25, -0.2) is 15.0 Å². The first-order valence-electron chi connectivity index (χ1n) is 11.2. The van der Waals surface area contributed by atoms with E-state index in [0.717, 1.165) is 50.2 Å². The summed E-state index contributed by atoms with van der Waals surface area (Å²) in [4.78, 5) is 13.2. The maximum Gasteiger partial charge on any atom is 0.207 e. The Morgan fingerprint density at radius 2 is 1.93 bits per heavy atom. The molecule has 3 aromatic rings. The zero-order chi connectivity index (χ0) is 20.8. The molecular weight excluding hydrogens is 376 g/mol. The first kappa shape index (κ1) is 20.6. The van der Waals surface area contributed by atoms with Gasteiger partial charge in [-0.2, -0.15) is 0 Å². The molecule has 2 atom stereocenters. The number of ether oxygens (including phenoxy) is 1. The number of benzene rings is 1. The fraction of sp³-hybridized carbons (Fsp3) is 0.522. The number of unbranched alkanes of at least 4 members (excludes halogenated alkanes) is 3. The van der Waals surface area contributed by atoms with Crippen LogP contribution >= 0.6 is 0 Å². The molecular formula is C23H32N6O. The molecule has 0 bridgehead atoms. The molecule has 1 aromatic carbocycles. The first-order valence-corrected chi connectivity index (χ1v) is 11.2. The Morgan fingerprint density at radius 3 is 2.73 bits per heavy atom. The lowest BCUT2D eigenvalue weighted by molar-refractivity contribution is 0.00407. The molecule has 7 nitrogen and oxygen atoms in total. The number of rotatable bonds is 10. The van der Waals surface area contributed by atoms with Gasteiger partial charge in [0.15, 0.2) is 17.0 Å². The summed E-state index contributed by atoms with van der Waals surface area (Å²) in [7, 11) is 0. The van der Waals surface area contributed by atoms with Crippen LogP contribution in [0.3, 0.4) is 0 Å². The highest BCUT2D eigenvalue weighted by molar-refractivity contribution is 5.84. The summed E-state index contributed by atoms with van der Waals surface area (Å²) in [6, 6.07) is 10.7. The molecule has 160 valence electrons. The molecule has 0 radical (unpaired) electrons. The normalized spacial score (nSPS) is 18.8. The Labute approximate surface area is 178 Å². The number of aryl methyl sites for hydroxylation is 1. The van der Waals surface area contributed by atoms with Gasteiger partial charge >= 0.3 is 0 Å². The van der Waals surface area contributed by atoms with Crippen LogP contribution in [-0.4, -0.2) is 32.2 Å². The lowest BCUT2D eigenvalue weighted by Crippen LogP contribution is -2.15. The smallest absolute Gasteiger partial charge is 0.207 e. The maximum absolute atomic E-state index is 6.23. The van der Waals surface area contributed by atoms with Gasteiger partial charge in [0.2, 0.25) is 5.95 Å². The summed E-state index contributed by atoms with van der Waals surface area (Å²) in [5, 5.41) is 3.50. The number of nitrogens with zero attached hydrogens (tertiary/aromatic N) is 4. The average Bonchev–Trinajstić information content (AvgIpc) is 3.38. The van der Waals surface area contributed by atoms with Gasteiger partial charge in [-0.15, -0.1) is 0 Å². The summed E-state index contributed by atoms with van der Waals surface area (Å²) >= 11 is 0. The minimum absolute atomic E-state index is 0.0531. The number of nitrogens with one attached hydrogen (secondary N) is 1. The van der Waals surface area contributed by atoms with Gasteiger partial charge in [0.25, 0.3) is 0 Å². The molecule has 0 spiro atoms. The van der Waals surface area contributed by atoms with Crippen LogP contribution in [0, 0.1) is 0 Å². The molecule has 2 aromatic heterocycles. The predicted molar refractivity (Wildman–Crippen MR) is 120 cm³/mol. The lowest BCUT2D eigenvalue weighted by atomic mass is 10.1. The van der Waals surface area contributed by atoms with Crippen LogP contribution in [0.25, 0.3) is 11.2 Å². The van der Waals surface area contributed by atoms with E-state index >= 15 is 0 Å². The third-order valence-corrected chi connectivity index (χ3v) is 5.85. The van der Waals surface area contributed by atoms with Crippen molar-refractivity contribution in [3.8, 4) is 0 Å². The average molecular weight is 409 g/mol. The molecule has 1 saturated heterocycles. The van der Waals surface area contributed by atoms with Gasteiger partial charge in [-0.3, -0.25) is 4.57 Å². The van der Waals surface area contributed by atoms with Gasteiger partial charge in [-0.1, -0.05) is 50.1 Å². The van der Waals surface area contributed by atoms with E-state index in [1.807, 2.05) is 0 Å². The van der Waals surface area contributed by atoms with Crippen LogP contribution in [0.5, 0.6) is 0 Å². The maximum atomic E-state index is 6.23.